The van der Waals surface area contributed by atoms with Crippen LogP contribution < -0.4 is 0 Å². The van der Waals surface area contributed by atoms with Gasteiger partial charge in [0.25, 0.3) is 0 Å². The van der Waals surface area contributed by atoms with Gasteiger partial charge in [0, 0.05) is 19.3 Å². The highest BCUT2D eigenvalue weighted by Gasteiger charge is 2.19. The smallest absolute Gasteiger partial charge is 0.306 e. The van der Waals surface area contributed by atoms with E-state index in [9.17, 15) is 14.4 Å². The average Bonchev–Trinajstić information content (AvgIpc) is 3.08. The molecular formula is C42H80O6. The van der Waals surface area contributed by atoms with Crippen molar-refractivity contribution in [2.75, 3.05) is 13.2 Å². The Morgan fingerprint density at radius 1 is 0.333 bits per heavy atom. The van der Waals surface area contributed by atoms with Gasteiger partial charge in [-0.3, -0.25) is 14.4 Å². The molecule has 0 rings (SSSR count). The molecular weight excluding hydrogens is 600 g/mol. The van der Waals surface area contributed by atoms with Crippen LogP contribution in [0.4, 0.5) is 0 Å². The Balaban J connectivity index is 4.28. The third-order valence-corrected chi connectivity index (χ3v) is 9.36. The molecule has 0 amide bonds. The molecule has 0 heterocycles. The number of rotatable bonds is 38. The highest BCUT2D eigenvalue weighted by Crippen LogP contribution is 2.15. The minimum Gasteiger partial charge on any atom is -0.462 e. The molecule has 0 spiro atoms. The van der Waals surface area contributed by atoms with Crippen LogP contribution in [-0.4, -0.2) is 37.2 Å². The molecule has 0 aliphatic rings. The summed E-state index contributed by atoms with van der Waals surface area (Å²) in [5.41, 5.74) is 0. The number of esters is 3. The van der Waals surface area contributed by atoms with Crippen LogP contribution >= 0.6 is 0 Å². The second kappa shape index (κ2) is 38.2. The fourth-order valence-electron chi connectivity index (χ4n) is 6.15. The van der Waals surface area contributed by atoms with Crippen LogP contribution in [0.3, 0.4) is 0 Å². The van der Waals surface area contributed by atoms with E-state index in [2.05, 4.69) is 20.8 Å². The average molecular weight is 681 g/mol. The molecule has 0 aromatic carbocycles. The van der Waals surface area contributed by atoms with E-state index in [-0.39, 0.29) is 31.1 Å². The quantitative estimate of drug-likeness (QED) is 0.0367. The number of hydrogen-bond acceptors (Lipinski definition) is 6. The van der Waals surface area contributed by atoms with Gasteiger partial charge >= 0.3 is 17.9 Å². The van der Waals surface area contributed by atoms with Gasteiger partial charge in [-0.1, -0.05) is 194 Å². The van der Waals surface area contributed by atoms with Crippen molar-refractivity contribution in [3.05, 3.63) is 0 Å². The van der Waals surface area contributed by atoms with Crippen molar-refractivity contribution in [1.29, 1.82) is 0 Å². The Bertz CT molecular complexity index is 708. The number of carbonyl (C=O) groups is 3. The molecule has 0 aromatic rings. The highest BCUT2D eigenvalue weighted by molar-refractivity contribution is 5.71. The molecule has 6 nitrogen and oxygen atoms in total. The van der Waals surface area contributed by atoms with Crippen LogP contribution in [0.2, 0.25) is 0 Å². The summed E-state index contributed by atoms with van der Waals surface area (Å²) in [4.78, 5) is 37.4. The van der Waals surface area contributed by atoms with Crippen LogP contribution in [0, 0.1) is 0 Å². The van der Waals surface area contributed by atoms with E-state index in [0.29, 0.717) is 19.3 Å². The summed E-state index contributed by atoms with van der Waals surface area (Å²) >= 11 is 0. The highest BCUT2D eigenvalue weighted by atomic mass is 16.6. The first-order chi connectivity index (χ1) is 23.5. The summed E-state index contributed by atoms with van der Waals surface area (Å²) in [6.07, 6.45) is 36.6. The molecule has 0 fully saturated rings. The molecule has 1 unspecified atom stereocenters. The van der Waals surface area contributed by atoms with Gasteiger partial charge in [-0.05, 0) is 19.3 Å². The van der Waals surface area contributed by atoms with Crippen LogP contribution in [-0.2, 0) is 28.6 Å². The number of carbonyl (C=O) groups excluding carboxylic acids is 3. The van der Waals surface area contributed by atoms with Crippen LogP contribution in [0.1, 0.15) is 233 Å². The predicted molar refractivity (Wildman–Crippen MR) is 201 cm³/mol. The lowest BCUT2D eigenvalue weighted by Crippen LogP contribution is -2.30. The monoisotopic (exact) mass is 681 g/mol. The molecule has 284 valence electrons. The molecule has 0 bridgehead atoms. The summed E-state index contributed by atoms with van der Waals surface area (Å²) < 4.78 is 16.6. The maximum atomic E-state index is 12.6. The molecule has 1 atom stereocenters. The van der Waals surface area contributed by atoms with Crippen molar-refractivity contribution < 1.29 is 28.6 Å². The van der Waals surface area contributed by atoms with Gasteiger partial charge in [0.2, 0.25) is 0 Å². The lowest BCUT2D eigenvalue weighted by atomic mass is 10.0. The van der Waals surface area contributed by atoms with Crippen molar-refractivity contribution in [3.8, 4) is 0 Å². The number of hydrogen-bond donors (Lipinski definition) is 0. The normalized spacial score (nSPS) is 11.8. The maximum absolute atomic E-state index is 12.6. The zero-order valence-electron chi connectivity index (χ0n) is 32.3. The van der Waals surface area contributed by atoms with E-state index in [1.165, 1.54) is 135 Å². The summed E-state index contributed by atoms with van der Waals surface area (Å²) in [7, 11) is 0. The number of ether oxygens (including phenoxy) is 3. The molecule has 0 aromatic heterocycles. The van der Waals surface area contributed by atoms with Crippen molar-refractivity contribution in [3.63, 3.8) is 0 Å². The maximum Gasteiger partial charge on any atom is 0.306 e. The molecule has 48 heavy (non-hydrogen) atoms. The van der Waals surface area contributed by atoms with E-state index in [1.807, 2.05) is 0 Å². The minimum atomic E-state index is -0.755. The zero-order chi connectivity index (χ0) is 35.2. The standard InChI is InChI=1S/C42H80O6/c1-4-7-10-13-16-18-20-21-22-24-26-29-32-35-41(44)47-38-39(37-46-40(43)34-31-28-25-15-12-9-6-3)48-42(45)36-33-30-27-23-19-17-14-11-8-5-2/h39H,4-38H2,1-3H3. The van der Waals surface area contributed by atoms with Gasteiger partial charge in [0.15, 0.2) is 6.10 Å². The Kier molecular flexibility index (Phi) is 36.9. The molecule has 0 saturated heterocycles. The molecule has 6 heteroatoms. The van der Waals surface area contributed by atoms with Gasteiger partial charge < -0.3 is 14.2 Å². The van der Waals surface area contributed by atoms with E-state index in [4.69, 9.17) is 14.2 Å². The Labute approximate surface area is 298 Å². The lowest BCUT2D eigenvalue weighted by Gasteiger charge is -2.18. The second-order valence-electron chi connectivity index (χ2n) is 14.3. The van der Waals surface area contributed by atoms with Crippen molar-refractivity contribution >= 4 is 17.9 Å². The fourth-order valence-corrected chi connectivity index (χ4v) is 6.15. The second-order valence-corrected chi connectivity index (χ2v) is 14.3. The summed E-state index contributed by atoms with van der Waals surface area (Å²) in [5, 5.41) is 0. The Hall–Kier alpha value is -1.59. The molecule has 0 radical (unpaired) electrons. The predicted octanol–water partition coefficient (Wildman–Crippen LogP) is 12.9. The Morgan fingerprint density at radius 3 is 0.833 bits per heavy atom. The first-order valence-electron chi connectivity index (χ1n) is 21.0. The zero-order valence-corrected chi connectivity index (χ0v) is 32.3. The number of unbranched alkanes of at least 4 members (excludes halogenated alkanes) is 27. The fraction of sp³-hybridized carbons (Fsp3) is 0.929. The SMILES string of the molecule is CCCCCCCCCCCCCCCC(=O)OCC(COC(=O)CCCCCCCCC)OC(=O)CCCCCCCCCCCC. The van der Waals surface area contributed by atoms with Crippen LogP contribution in [0.25, 0.3) is 0 Å². The molecule has 0 aliphatic heterocycles. The summed E-state index contributed by atoms with van der Waals surface area (Å²) in [5.74, 6) is -0.865. The lowest BCUT2D eigenvalue weighted by molar-refractivity contribution is -0.167. The first-order valence-corrected chi connectivity index (χ1v) is 21.0. The summed E-state index contributed by atoms with van der Waals surface area (Å²) in [6, 6.07) is 0. The van der Waals surface area contributed by atoms with Gasteiger partial charge in [0.1, 0.15) is 13.2 Å². The van der Waals surface area contributed by atoms with Gasteiger partial charge in [-0.2, -0.15) is 0 Å². The van der Waals surface area contributed by atoms with Crippen LogP contribution in [0.15, 0.2) is 0 Å². The molecule has 0 aliphatic carbocycles. The van der Waals surface area contributed by atoms with E-state index in [1.54, 1.807) is 0 Å². The summed E-state index contributed by atoms with van der Waals surface area (Å²) in [6.45, 7) is 6.58. The van der Waals surface area contributed by atoms with Gasteiger partial charge in [-0.25, -0.2) is 0 Å². The third-order valence-electron chi connectivity index (χ3n) is 9.36. The van der Waals surface area contributed by atoms with E-state index < -0.39 is 6.10 Å². The van der Waals surface area contributed by atoms with Gasteiger partial charge in [-0.15, -0.1) is 0 Å². The first kappa shape index (κ1) is 46.4. The van der Waals surface area contributed by atoms with Crippen molar-refractivity contribution in [2.45, 2.75) is 239 Å². The minimum absolute atomic E-state index is 0.0637. The third kappa shape index (κ3) is 35.7. The van der Waals surface area contributed by atoms with Crippen molar-refractivity contribution in [1.82, 2.24) is 0 Å². The van der Waals surface area contributed by atoms with Crippen molar-refractivity contribution in [2.24, 2.45) is 0 Å². The molecule has 0 N–H and O–H groups in total. The molecule has 0 saturated carbocycles. The van der Waals surface area contributed by atoms with Gasteiger partial charge in [0.05, 0.1) is 0 Å². The topological polar surface area (TPSA) is 78.9 Å². The van der Waals surface area contributed by atoms with Crippen LogP contribution in [0.5, 0.6) is 0 Å². The van der Waals surface area contributed by atoms with E-state index in [0.717, 1.165) is 57.8 Å². The largest absolute Gasteiger partial charge is 0.462 e. The Morgan fingerprint density at radius 2 is 0.562 bits per heavy atom. The van der Waals surface area contributed by atoms with E-state index >= 15 is 0 Å².